The first-order valence-electron chi connectivity index (χ1n) is 20.9. The summed E-state index contributed by atoms with van der Waals surface area (Å²) in [5, 5.41) is 6.36. The molecule has 2 N–H and O–H groups in total. The molecule has 8 atom stereocenters. The number of carbonyl (C=O) groups excluding carboxylic acids is 2. The van der Waals surface area contributed by atoms with Crippen molar-refractivity contribution in [1.29, 1.82) is 0 Å². The van der Waals surface area contributed by atoms with Gasteiger partial charge in [0, 0.05) is 77.0 Å². The zero-order chi connectivity index (χ0) is 40.7. The molecule has 2 aromatic carbocycles. The number of nitrogens with zero attached hydrogens (tertiary/aromatic N) is 3. The zero-order valence-electron chi connectivity index (χ0n) is 36.0. The van der Waals surface area contributed by atoms with E-state index in [1.54, 1.807) is 12.0 Å². The molecular weight excluding hydrogens is 707 g/mol. The first-order chi connectivity index (χ1) is 26.5. The Hall–Kier alpha value is -3.54. The number of ether oxygens (including phenoxy) is 4. The van der Waals surface area contributed by atoms with E-state index in [1.807, 2.05) is 31.3 Å². The van der Waals surface area contributed by atoms with Crippen LogP contribution in [0.5, 0.6) is 11.5 Å². The smallest absolute Gasteiger partial charge is 0.407 e. The van der Waals surface area contributed by atoms with Crippen LogP contribution in [-0.4, -0.2) is 124 Å². The number of carbonyl (C=O) groups is 2. The maximum absolute atomic E-state index is 13.4. The summed E-state index contributed by atoms with van der Waals surface area (Å²) in [7, 11) is 3.59. The van der Waals surface area contributed by atoms with Crippen LogP contribution in [-0.2, 0) is 14.9 Å². The van der Waals surface area contributed by atoms with Crippen LogP contribution < -0.4 is 20.1 Å². The van der Waals surface area contributed by atoms with Crippen LogP contribution in [0.15, 0.2) is 48.5 Å². The van der Waals surface area contributed by atoms with Gasteiger partial charge >= 0.3 is 12.1 Å². The van der Waals surface area contributed by atoms with E-state index in [0.29, 0.717) is 31.8 Å². The van der Waals surface area contributed by atoms with Gasteiger partial charge in [0.1, 0.15) is 30.8 Å². The number of rotatable bonds is 20. The SMILES string of the molecule is CCCCN(C)C(=O)NCC1(C)CC(NC(=O)OC(COc2ccc(C(C)(C)c3ccc(OCC(CN4CC4C)OC)cc3)cc2)CN2CC2C)CC(C)(C)C1. The predicted molar refractivity (Wildman–Crippen MR) is 223 cm³/mol. The van der Waals surface area contributed by atoms with Gasteiger partial charge in [0.25, 0.3) is 0 Å². The highest BCUT2D eigenvalue weighted by molar-refractivity contribution is 5.73. The molecule has 2 aromatic rings. The number of urea groups is 1. The Bertz CT molecular complexity index is 1570. The molecule has 2 saturated heterocycles. The van der Waals surface area contributed by atoms with Crippen molar-refractivity contribution in [2.75, 3.05) is 66.6 Å². The summed E-state index contributed by atoms with van der Waals surface area (Å²) in [5.74, 6) is 1.57. The monoisotopic (exact) mass is 778 g/mol. The number of methoxy groups -OCH3 is 1. The Labute approximate surface area is 337 Å². The van der Waals surface area contributed by atoms with Gasteiger partial charge < -0.3 is 34.5 Å². The second-order valence-corrected chi connectivity index (χ2v) is 18.6. The van der Waals surface area contributed by atoms with Crippen molar-refractivity contribution >= 4 is 12.1 Å². The van der Waals surface area contributed by atoms with Gasteiger partial charge in [-0.1, -0.05) is 72.2 Å². The maximum Gasteiger partial charge on any atom is 0.407 e. The van der Waals surface area contributed by atoms with E-state index in [-0.39, 0.29) is 41.0 Å². The topological polar surface area (TPSA) is 104 Å². The largest absolute Gasteiger partial charge is 0.491 e. The zero-order valence-corrected chi connectivity index (χ0v) is 36.0. The lowest BCUT2D eigenvalue weighted by molar-refractivity contribution is 0.0390. The lowest BCUT2D eigenvalue weighted by Crippen LogP contribution is -2.52. The van der Waals surface area contributed by atoms with Crippen molar-refractivity contribution in [2.45, 2.75) is 123 Å². The van der Waals surface area contributed by atoms with Crippen LogP contribution >= 0.6 is 0 Å². The number of hydrogen-bond acceptors (Lipinski definition) is 8. The highest BCUT2D eigenvalue weighted by Crippen LogP contribution is 2.46. The normalized spacial score (nSPS) is 26.4. The molecule has 1 aliphatic carbocycles. The summed E-state index contributed by atoms with van der Waals surface area (Å²) in [6.07, 6.45) is 3.81. The van der Waals surface area contributed by atoms with Crippen LogP contribution in [0.25, 0.3) is 0 Å². The molecule has 2 heterocycles. The first kappa shape index (κ1) is 43.6. The Balaban J connectivity index is 1.12. The van der Waals surface area contributed by atoms with Gasteiger partial charge in [0.05, 0.1) is 0 Å². The fraction of sp³-hybridized carbons (Fsp3) is 0.689. The van der Waals surface area contributed by atoms with Gasteiger partial charge in [0.15, 0.2) is 6.10 Å². The van der Waals surface area contributed by atoms with E-state index >= 15 is 0 Å². The maximum atomic E-state index is 13.4. The minimum absolute atomic E-state index is 0.000757. The van der Waals surface area contributed by atoms with Gasteiger partial charge in [0.2, 0.25) is 0 Å². The van der Waals surface area contributed by atoms with Crippen LogP contribution in [0, 0.1) is 10.8 Å². The molecule has 3 amide bonds. The van der Waals surface area contributed by atoms with Crippen molar-refractivity contribution in [3.63, 3.8) is 0 Å². The second-order valence-electron chi connectivity index (χ2n) is 18.6. The molecule has 312 valence electrons. The highest BCUT2D eigenvalue weighted by atomic mass is 16.6. The molecule has 0 bridgehead atoms. The Morgan fingerprint density at radius 2 is 1.39 bits per heavy atom. The van der Waals surface area contributed by atoms with Crippen molar-refractivity contribution < 1.29 is 28.5 Å². The third-order valence-corrected chi connectivity index (χ3v) is 12.1. The van der Waals surface area contributed by atoms with Crippen molar-refractivity contribution in [3.8, 4) is 11.5 Å². The van der Waals surface area contributed by atoms with Gasteiger partial charge in [-0.05, 0) is 85.8 Å². The standard InChI is InChI=1S/C45H71N5O6/c1-11-12-21-48(9)41(51)46-31-45(8)23-36(22-43(4,5)30-45)47-42(52)56-40(27-50-25-33(50)3)29-55-38-19-15-35(16-20-38)44(6,7)34-13-17-37(18-14-34)54-28-39(53-10)26-49-24-32(49)2/h13-20,32-33,36,39-40H,11-12,21-31H2,1-10H3,(H,46,51)(H,47,52). The molecule has 2 aliphatic heterocycles. The van der Waals surface area contributed by atoms with Gasteiger partial charge in [-0.2, -0.15) is 0 Å². The molecule has 3 aliphatic rings. The fourth-order valence-corrected chi connectivity index (χ4v) is 8.56. The fourth-order valence-electron chi connectivity index (χ4n) is 8.56. The first-order valence-corrected chi connectivity index (χ1v) is 20.9. The van der Waals surface area contributed by atoms with Gasteiger partial charge in [-0.25, -0.2) is 9.59 Å². The quantitative estimate of drug-likeness (QED) is 0.135. The van der Waals surface area contributed by atoms with E-state index in [0.717, 1.165) is 69.8 Å². The van der Waals surface area contributed by atoms with Gasteiger partial charge in [-0.15, -0.1) is 0 Å². The van der Waals surface area contributed by atoms with Crippen molar-refractivity contribution in [3.05, 3.63) is 59.7 Å². The predicted octanol–water partition coefficient (Wildman–Crippen LogP) is 7.31. The molecule has 0 spiro atoms. The molecule has 8 unspecified atom stereocenters. The molecule has 0 radical (unpaired) electrons. The third-order valence-electron chi connectivity index (χ3n) is 12.1. The summed E-state index contributed by atoms with van der Waals surface area (Å²) < 4.78 is 24.1. The van der Waals surface area contributed by atoms with E-state index in [4.69, 9.17) is 18.9 Å². The number of nitrogens with one attached hydrogen (secondary N) is 2. The number of amides is 3. The number of hydrogen-bond donors (Lipinski definition) is 2. The molecule has 56 heavy (non-hydrogen) atoms. The summed E-state index contributed by atoms with van der Waals surface area (Å²) in [6.45, 7) is 23.4. The van der Waals surface area contributed by atoms with Crippen LogP contribution in [0.1, 0.15) is 98.6 Å². The average molecular weight is 778 g/mol. The third kappa shape index (κ3) is 12.7. The molecule has 0 aromatic heterocycles. The Morgan fingerprint density at radius 3 is 1.89 bits per heavy atom. The summed E-state index contributed by atoms with van der Waals surface area (Å²) in [6, 6.07) is 17.6. The second kappa shape index (κ2) is 18.8. The highest BCUT2D eigenvalue weighted by Gasteiger charge is 2.42. The van der Waals surface area contributed by atoms with Crippen LogP contribution in [0.2, 0.25) is 0 Å². The summed E-state index contributed by atoms with van der Waals surface area (Å²) >= 11 is 0. The van der Waals surface area contributed by atoms with Crippen molar-refractivity contribution in [2.24, 2.45) is 10.8 Å². The van der Waals surface area contributed by atoms with E-state index in [1.165, 1.54) is 11.1 Å². The molecule has 5 rings (SSSR count). The number of alkyl carbamates (subject to hydrolysis) is 1. The minimum atomic E-state index is -0.424. The number of benzene rings is 2. The van der Waals surface area contributed by atoms with Gasteiger partial charge in [-0.3, -0.25) is 9.80 Å². The Kier molecular flexibility index (Phi) is 14.6. The summed E-state index contributed by atoms with van der Waals surface area (Å²) in [4.78, 5) is 32.6. The molecule has 11 nitrogen and oxygen atoms in total. The minimum Gasteiger partial charge on any atom is -0.491 e. The molecule has 3 fully saturated rings. The van der Waals surface area contributed by atoms with E-state index < -0.39 is 12.2 Å². The number of unbranched alkanes of at least 4 members (excludes halogenated alkanes) is 1. The average Bonchev–Trinajstić information content (AvgIpc) is 4.05. The van der Waals surface area contributed by atoms with Crippen LogP contribution in [0.3, 0.4) is 0 Å². The van der Waals surface area contributed by atoms with E-state index in [9.17, 15) is 9.59 Å². The molecule has 1 saturated carbocycles. The lowest BCUT2D eigenvalue weighted by atomic mass is 9.62. The summed E-state index contributed by atoms with van der Waals surface area (Å²) in [5.41, 5.74) is 1.97. The molecule has 11 heteroatoms. The van der Waals surface area contributed by atoms with Crippen LogP contribution in [0.4, 0.5) is 9.59 Å². The van der Waals surface area contributed by atoms with Crippen molar-refractivity contribution in [1.82, 2.24) is 25.3 Å². The lowest BCUT2D eigenvalue weighted by Gasteiger charge is -2.47. The molecular formula is C45H71N5O6. The van der Waals surface area contributed by atoms with E-state index in [2.05, 4.69) is 100 Å². The Morgan fingerprint density at radius 1 is 0.875 bits per heavy atom.